The Morgan fingerprint density at radius 3 is 2.56 bits per heavy atom. The molecule has 2 aromatic carbocycles. The average Bonchev–Trinajstić information content (AvgIpc) is 3.18. The number of nitro groups is 1. The number of carbonyl (C=O) groups excluding carboxylic acids is 2. The van der Waals surface area contributed by atoms with E-state index in [1.807, 2.05) is 26.0 Å². The van der Waals surface area contributed by atoms with Gasteiger partial charge in [0, 0.05) is 18.2 Å². The summed E-state index contributed by atoms with van der Waals surface area (Å²) in [6.07, 6.45) is 0. The van der Waals surface area contributed by atoms with Crippen molar-refractivity contribution in [2.45, 2.75) is 32.1 Å². The molecule has 0 aliphatic carbocycles. The minimum Gasteiger partial charge on any atom is -0.345 e. The number of aromatic nitrogens is 3. The van der Waals surface area contributed by atoms with Crippen molar-refractivity contribution in [3.63, 3.8) is 0 Å². The van der Waals surface area contributed by atoms with Gasteiger partial charge in [-0.1, -0.05) is 42.1 Å². The minimum atomic E-state index is -0.548. The van der Waals surface area contributed by atoms with Crippen LogP contribution in [0.15, 0.2) is 53.7 Å². The van der Waals surface area contributed by atoms with Gasteiger partial charge in [0.25, 0.3) is 11.6 Å². The maximum absolute atomic E-state index is 12.4. The van der Waals surface area contributed by atoms with Crippen molar-refractivity contribution in [1.82, 2.24) is 20.1 Å². The van der Waals surface area contributed by atoms with E-state index in [2.05, 4.69) is 20.8 Å². The Bertz CT molecular complexity index is 1150. The fraction of sp³-hybridized carbons (Fsp3) is 0.238. The molecule has 3 rings (SSSR count). The molecule has 166 valence electrons. The van der Waals surface area contributed by atoms with Gasteiger partial charge in [0.15, 0.2) is 11.0 Å². The summed E-state index contributed by atoms with van der Waals surface area (Å²) < 4.78 is 1.81. The average molecular weight is 455 g/mol. The molecule has 32 heavy (non-hydrogen) atoms. The topological polar surface area (TPSA) is 132 Å². The number of aryl methyl sites for hydroxylation is 1. The van der Waals surface area contributed by atoms with Gasteiger partial charge in [-0.25, -0.2) is 0 Å². The van der Waals surface area contributed by atoms with Gasteiger partial charge < -0.3 is 15.2 Å². The smallest absolute Gasteiger partial charge is 0.292 e. The van der Waals surface area contributed by atoms with Crippen LogP contribution in [0.2, 0.25) is 0 Å². The van der Waals surface area contributed by atoms with E-state index in [0.717, 1.165) is 17.3 Å². The first-order chi connectivity index (χ1) is 15.4. The third kappa shape index (κ3) is 5.49. The van der Waals surface area contributed by atoms with E-state index in [1.54, 1.807) is 22.8 Å². The van der Waals surface area contributed by atoms with Crippen molar-refractivity contribution >= 4 is 35.0 Å². The first-order valence-corrected chi connectivity index (χ1v) is 10.8. The summed E-state index contributed by atoms with van der Waals surface area (Å²) in [5, 5.41) is 25.2. The highest BCUT2D eigenvalue weighted by Crippen LogP contribution is 2.24. The molecule has 0 aliphatic rings. The Hall–Kier alpha value is -3.73. The lowest BCUT2D eigenvalue weighted by atomic mass is 10.1. The van der Waals surface area contributed by atoms with E-state index in [9.17, 15) is 19.7 Å². The predicted molar refractivity (Wildman–Crippen MR) is 120 cm³/mol. The monoisotopic (exact) mass is 454 g/mol. The molecule has 0 aliphatic heterocycles. The Morgan fingerprint density at radius 2 is 1.84 bits per heavy atom. The molecule has 10 nitrogen and oxygen atoms in total. The molecule has 1 heterocycles. The van der Waals surface area contributed by atoms with E-state index in [0.29, 0.717) is 23.1 Å². The first-order valence-electron chi connectivity index (χ1n) is 9.82. The van der Waals surface area contributed by atoms with Crippen LogP contribution in [-0.2, 0) is 17.9 Å². The molecule has 0 spiro atoms. The molecule has 0 radical (unpaired) electrons. The summed E-state index contributed by atoms with van der Waals surface area (Å²) in [7, 11) is 0. The maximum Gasteiger partial charge on any atom is 0.292 e. The lowest BCUT2D eigenvalue weighted by Crippen LogP contribution is -2.25. The van der Waals surface area contributed by atoms with Crippen molar-refractivity contribution in [2.75, 3.05) is 11.1 Å². The number of hydrogen-bond acceptors (Lipinski definition) is 7. The first kappa shape index (κ1) is 22.9. The summed E-state index contributed by atoms with van der Waals surface area (Å²) in [6, 6.07) is 13.3. The Balaban J connectivity index is 1.60. The van der Waals surface area contributed by atoms with Crippen LogP contribution in [0.5, 0.6) is 0 Å². The van der Waals surface area contributed by atoms with Crippen LogP contribution in [0.25, 0.3) is 0 Å². The van der Waals surface area contributed by atoms with Crippen molar-refractivity contribution < 1.29 is 14.5 Å². The van der Waals surface area contributed by atoms with Gasteiger partial charge in [-0.15, -0.1) is 10.2 Å². The zero-order valence-electron chi connectivity index (χ0n) is 17.6. The van der Waals surface area contributed by atoms with Crippen LogP contribution in [0, 0.1) is 17.0 Å². The summed E-state index contributed by atoms with van der Waals surface area (Å²) in [5.41, 5.74) is 1.44. The fourth-order valence-corrected chi connectivity index (χ4v) is 3.83. The molecule has 0 bridgehead atoms. The number of amides is 2. The normalized spacial score (nSPS) is 10.6. The molecule has 3 aromatic rings. The highest BCUT2D eigenvalue weighted by Gasteiger charge is 2.17. The zero-order valence-corrected chi connectivity index (χ0v) is 18.4. The van der Waals surface area contributed by atoms with Gasteiger partial charge in [-0.2, -0.15) is 0 Å². The lowest BCUT2D eigenvalue weighted by Gasteiger charge is -2.10. The molecule has 0 unspecified atom stereocenters. The lowest BCUT2D eigenvalue weighted by molar-refractivity contribution is -0.383. The quantitative estimate of drug-likeness (QED) is 0.288. The molecule has 2 amide bonds. The molecular formula is C21H22N6O4S. The number of rotatable bonds is 9. The molecule has 1 aromatic heterocycles. The van der Waals surface area contributed by atoms with Gasteiger partial charge in [0.2, 0.25) is 5.91 Å². The number of para-hydroxylation sites is 2. The number of nitro benzene ring substituents is 1. The van der Waals surface area contributed by atoms with E-state index in [4.69, 9.17) is 0 Å². The third-order valence-corrected chi connectivity index (χ3v) is 5.58. The second kappa shape index (κ2) is 10.5. The number of nitrogens with one attached hydrogen (secondary N) is 2. The van der Waals surface area contributed by atoms with Gasteiger partial charge >= 0.3 is 0 Å². The van der Waals surface area contributed by atoms with Gasteiger partial charge in [0.1, 0.15) is 5.69 Å². The number of hydrogen-bond donors (Lipinski definition) is 2. The van der Waals surface area contributed by atoms with Gasteiger partial charge in [0.05, 0.1) is 17.2 Å². The number of carbonyl (C=O) groups is 2. The standard InChI is InChI=1S/C21H22N6O4S/c1-3-26-18(12-22-20(29)15-9-5-4-8-14(15)2)24-25-21(26)32-13-19(28)23-16-10-6-7-11-17(16)27(30)31/h4-11H,3,12-13H2,1-2H3,(H,22,29)(H,23,28). The van der Waals surface area contributed by atoms with Crippen molar-refractivity contribution in [3.05, 3.63) is 75.6 Å². The molecule has 0 saturated heterocycles. The van der Waals surface area contributed by atoms with Crippen molar-refractivity contribution in [1.29, 1.82) is 0 Å². The van der Waals surface area contributed by atoms with Crippen LogP contribution < -0.4 is 10.6 Å². The summed E-state index contributed by atoms with van der Waals surface area (Å²) in [6.45, 7) is 4.52. The Kier molecular flexibility index (Phi) is 7.55. The second-order valence-electron chi connectivity index (χ2n) is 6.75. The van der Waals surface area contributed by atoms with Crippen LogP contribution in [0.1, 0.15) is 28.7 Å². The second-order valence-corrected chi connectivity index (χ2v) is 7.69. The number of nitrogens with zero attached hydrogens (tertiary/aromatic N) is 4. The number of anilines is 1. The summed E-state index contributed by atoms with van der Waals surface area (Å²) >= 11 is 1.16. The Labute approximate surface area is 188 Å². The van der Waals surface area contributed by atoms with Crippen molar-refractivity contribution in [2.24, 2.45) is 0 Å². The molecule has 2 N–H and O–H groups in total. The number of benzene rings is 2. The summed E-state index contributed by atoms with van der Waals surface area (Å²) in [4.78, 5) is 35.3. The highest BCUT2D eigenvalue weighted by molar-refractivity contribution is 7.99. The SMILES string of the molecule is CCn1c(CNC(=O)c2ccccc2C)nnc1SCC(=O)Nc1ccccc1[N+](=O)[O-]. The third-order valence-electron chi connectivity index (χ3n) is 4.61. The van der Waals surface area contributed by atoms with Crippen LogP contribution in [0.3, 0.4) is 0 Å². The number of thioether (sulfide) groups is 1. The zero-order chi connectivity index (χ0) is 23.1. The van der Waals surface area contributed by atoms with Crippen molar-refractivity contribution in [3.8, 4) is 0 Å². The molecule has 0 atom stereocenters. The summed E-state index contributed by atoms with van der Waals surface area (Å²) in [5.74, 6) is -0.0353. The van der Waals surface area contributed by atoms with Crippen LogP contribution in [0.4, 0.5) is 11.4 Å². The maximum atomic E-state index is 12.4. The molecule has 11 heteroatoms. The van der Waals surface area contributed by atoms with E-state index < -0.39 is 10.8 Å². The predicted octanol–water partition coefficient (Wildman–Crippen LogP) is 3.18. The fourth-order valence-electron chi connectivity index (χ4n) is 3.01. The van der Waals surface area contributed by atoms with E-state index in [-0.39, 0.29) is 29.6 Å². The van der Waals surface area contributed by atoms with Crippen LogP contribution in [-0.4, -0.2) is 37.3 Å². The van der Waals surface area contributed by atoms with Gasteiger partial charge in [-0.3, -0.25) is 19.7 Å². The highest BCUT2D eigenvalue weighted by atomic mass is 32.2. The van der Waals surface area contributed by atoms with E-state index in [1.165, 1.54) is 18.2 Å². The van der Waals surface area contributed by atoms with Gasteiger partial charge in [-0.05, 0) is 31.5 Å². The molecule has 0 fully saturated rings. The Morgan fingerprint density at radius 1 is 1.12 bits per heavy atom. The largest absolute Gasteiger partial charge is 0.345 e. The molecule has 0 saturated carbocycles. The van der Waals surface area contributed by atoms with Crippen LogP contribution >= 0.6 is 11.8 Å². The van der Waals surface area contributed by atoms with E-state index >= 15 is 0 Å². The molecular weight excluding hydrogens is 432 g/mol. The minimum absolute atomic E-state index is 0.000247.